The Bertz CT molecular complexity index is 1530. The molecule has 13 heteroatoms. The molecule has 1 aromatic heterocycles. The molecule has 4 amide bonds. The Kier molecular flexibility index (Phi) is 10.6. The molecular weight excluding hydrogens is 612 g/mol. The van der Waals surface area contributed by atoms with E-state index in [2.05, 4.69) is 15.2 Å². The van der Waals surface area contributed by atoms with Crippen LogP contribution in [0.1, 0.15) is 55.7 Å². The largest absolute Gasteiger partial charge is 0.361 e. The Labute approximate surface area is 280 Å². The van der Waals surface area contributed by atoms with E-state index in [4.69, 9.17) is 5.10 Å². The van der Waals surface area contributed by atoms with E-state index in [1.165, 1.54) is 22.6 Å². The number of piperazine rings is 1. The number of anilines is 1. The number of aliphatic hydroxyl groups is 1. The molecule has 0 radical (unpaired) electrons. The van der Waals surface area contributed by atoms with Crippen LogP contribution in [0.15, 0.2) is 60.0 Å². The third-order valence-corrected chi connectivity index (χ3v) is 9.56. The molecule has 48 heavy (non-hydrogen) atoms. The van der Waals surface area contributed by atoms with Crippen molar-refractivity contribution >= 4 is 35.0 Å². The van der Waals surface area contributed by atoms with Crippen LogP contribution < -0.4 is 5.32 Å². The van der Waals surface area contributed by atoms with Crippen molar-refractivity contribution in [2.24, 2.45) is 11.0 Å². The molecule has 4 aliphatic heterocycles. The van der Waals surface area contributed by atoms with Crippen molar-refractivity contribution in [3.05, 3.63) is 71.6 Å². The number of nitrogens with one attached hydrogen (secondary N) is 1. The summed E-state index contributed by atoms with van der Waals surface area (Å²) in [5, 5.41) is 20.3. The highest BCUT2D eigenvalue weighted by Gasteiger charge is 2.29. The normalized spacial score (nSPS) is 20.8. The fourth-order valence-corrected chi connectivity index (χ4v) is 6.65. The highest BCUT2D eigenvalue weighted by atomic mass is 16.3. The van der Waals surface area contributed by atoms with Gasteiger partial charge in [0.2, 0.25) is 11.8 Å². The number of unbranched alkanes of at least 4 members (excludes halogenated alkanes) is 2. The maximum atomic E-state index is 12.9. The third-order valence-electron chi connectivity index (χ3n) is 9.56. The van der Waals surface area contributed by atoms with Gasteiger partial charge in [-0.1, -0.05) is 25.5 Å². The summed E-state index contributed by atoms with van der Waals surface area (Å²) in [7, 11) is 0. The Balaban J connectivity index is 0.923. The fourth-order valence-electron chi connectivity index (χ4n) is 6.65. The summed E-state index contributed by atoms with van der Waals surface area (Å²) >= 11 is 0. The molecule has 2 unspecified atom stereocenters. The second-order valence-corrected chi connectivity index (χ2v) is 12.9. The van der Waals surface area contributed by atoms with Gasteiger partial charge in [-0.15, -0.1) is 0 Å². The van der Waals surface area contributed by atoms with Gasteiger partial charge in [-0.05, 0) is 47.7 Å². The van der Waals surface area contributed by atoms with Crippen LogP contribution in [-0.4, -0.2) is 116 Å². The van der Waals surface area contributed by atoms with Gasteiger partial charge in [-0.25, -0.2) is 5.01 Å². The van der Waals surface area contributed by atoms with Gasteiger partial charge in [0.25, 0.3) is 11.8 Å². The first-order valence-corrected chi connectivity index (χ1v) is 16.9. The third kappa shape index (κ3) is 7.97. The smallest absolute Gasteiger partial charge is 0.253 e. The first-order chi connectivity index (χ1) is 23.2. The highest BCUT2D eigenvalue weighted by molar-refractivity contribution is 6.12. The standard InChI is InChI=1S/C35H44N8O5/c1-25-21-33(47)43(20-17-39-15-18-40(19-16-39)30(44)5-3-2-4-14-42-31(45)10-11-32(42)46)38-34(25)26-6-8-29(9-7-26)37-35(48)41-23-27-12-13-36-22-28(27)24-41/h6-13,22,25,35,37,48H,2-5,14-21,23-24H2,1H3. The second kappa shape index (κ2) is 15.2. The number of fused-ring (bicyclic) bond motifs is 1. The van der Waals surface area contributed by atoms with Crippen LogP contribution >= 0.6 is 0 Å². The van der Waals surface area contributed by atoms with E-state index in [1.54, 1.807) is 11.2 Å². The van der Waals surface area contributed by atoms with Crippen molar-refractivity contribution in [3.8, 4) is 0 Å². The van der Waals surface area contributed by atoms with Gasteiger partial charge in [0.05, 0.1) is 12.3 Å². The van der Waals surface area contributed by atoms with Crippen molar-refractivity contribution < 1.29 is 24.3 Å². The summed E-state index contributed by atoms with van der Waals surface area (Å²) in [6.07, 6.45) is 8.43. The molecule has 0 spiro atoms. The maximum absolute atomic E-state index is 12.9. The quantitative estimate of drug-likeness (QED) is 0.188. The van der Waals surface area contributed by atoms with Gasteiger partial charge in [-0.2, -0.15) is 5.10 Å². The lowest BCUT2D eigenvalue weighted by molar-refractivity contribution is -0.137. The number of carbonyl (C=O) groups excluding carboxylic acids is 4. The van der Waals surface area contributed by atoms with Crippen LogP contribution in [0.5, 0.6) is 0 Å². The second-order valence-electron chi connectivity index (χ2n) is 12.9. The summed E-state index contributed by atoms with van der Waals surface area (Å²) in [4.78, 5) is 60.4. The maximum Gasteiger partial charge on any atom is 0.253 e. The molecule has 6 rings (SSSR count). The van der Waals surface area contributed by atoms with Gasteiger partial charge in [0.15, 0.2) is 6.35 Å². The molecule has 0 aliphatic carbocycles. The number of amides is 4. The zero-order valence-corrected chi connectivity index (χ0v) is 27.5. The molecule has 2 N–H and O–H groups in total. The number of hydrogen-bond donors (Lipinski definition) is 2. The van der Waals surface area contributed by atoms with Gasteiger partial charge in [0, 0.05) is 101 Å². The summed E-state index contributed by atoms with van der Waals surface area (Å²) in [6, 6.07) is 9.79. The first-order valence-electron chi connectivity index (χ1n) is 16.9. The molecule has 0 bridgehead atoms. The Morgan fingerprint density at radius 1 is 0.917 bits per heavy atom. The lowest BCUT2D eigenvalue weighted by atomic mass is 9.93. The van der Waals surface area contributed by atoms with Gasteiger partial charge in [0.1, 0.15) is 0 Å². The lowest BCUT2D eigenvalue weighted by Gasteiger charge is -2.36. The van der Waals surface area contributed by atoms with Crippen LogP contribution in [0, 0.1) is 5.92 Å². The van der Waals surface area contributed by atoms with E-state index in [9.17, 15) is 24.3 Å². The molecule has 2 atom stereocenters. The summed E-state index contributed by atoms with van der Waals surface area (Å²) in [5.74, 6) is -0.391. The number of hydrogen-bond acceptors (Lipinski definition) is 10. The minimum atomic E-state index is -0.835. The fraction of sp³-hybridized carbons (Fsp3) is 0.486. The molecule has 2 aromatic rings. The van der Waals surface area contributed by atoms with Crippen molar-refractivity contribution in [1.82, 2.24) is 29.6 Å². The first kappa shape index (κ1) is 33.4. The molecule has 254 valence electrons. The monoisotopic (exact) mass is 656 g/mol. The van der Waals surface area contributed by atoms with Gasteiger partial charge in [-0.3, -0.25) is 38.9 Å². The molecule has 1 fully saturated rings. The zero-order chi connectivity index (χ0) is 33.6. The van der Waals surface area contributed by atoms with E-state index in [-0.39, 0.29) is 29.5 Å². The Morgan fingerprint density at radius 2 is 1.65 bits per heavy atom. The van der Waals surface area contributed by atoms with Crippen molar-refractivity contribution in [1.29, 1.82) is 0 Å². The summed E-state index contributed by atoms with van der Waals surface area (Å²) < 4.78 is 0. The van der Waals surface area contributed by atoms with Crippen molar-refractivity contribution in [3.63, 3.8) is 0 Å². The molecule has 0 saturated carbocycles. The van der Waals surface area contributed by atoms with Crippen LogP contribution in [-0.2, 0) is 32.3 Å². The number of hydrazone groups is 1. The number of pyridine rings is 1. The van der Waals surface area contributed by atoms with Crippen LogP contribution in [0.25, 0.3) is 0 Å². The Hall–Kier alpha value is -4.46. The van der Waals surface area contributed by atoms with Gasteiger partial charge >= 0.3 is 0 Å². The zero-order valence-electron chi connectivity index (χ0n) is 27.5. The summed E-state index contributed by atoms with van der Waals surface area (Å²) in [5.41, 5.74) is 4.91. The SMILES string of the molecule is CC1CC(=O)N(CCN2CCN(C(=O)CCCCCN3C(=O)C=CC3=O)CC2)N=C1c1ccc(NC(O)N2Cc3ccncc3C2)cc1. The average molecular weight is 657 g/mol. The number of carbonyl (C=O) groups is 4. The topological polar surface area (TPSA) is 142 Å². The molecule has 1 saturated heterocycles. The molecular formula is C35H44N8O5. The van der Waals surface area contributed by atoms with E-state index in [0.717, 1.165) is 48.5 Å². The predicted octanol–water partition coefficient (Wildman–Crippen LogP) is 1.99. The number of imide groups is 1. The van der Waals surface area contributed by atoms with Crippen LogP contribution in [0.3, 0.4) is 0 Å². The minimum absolute atomic E-state index is 0.00775. The minimum Gasteiger partial charge on any atom is -0.361 e. The molecule has 1 aromatic carbocycles. The summed E-state index contributed by atoms with van der Waals surface area (Å²) in [6.45, 7) is 7.66. The van der Waals surface area contributed by atoms with E-state index in [0.29, 0.717) is 65.1 Å². The predicted molar refractivity (Wildman–Crippen MR) is 179 cm³/mol. The highest BCUT2D eigenvalue weighted by Crippen LogP contribution is 2.25. The Morgan fingerprint density at radius 3 is 2.38 bits per heavy atom. The number of benzene rings is 1. The van der Waals surface area contributed by atoms with E-state index in [1.807, 2.05) is 53.3 Å². The number of aromatic nitrogens is 1. The molecule has 4 aliphatic rings. The van der Waals surface area contributed by atoms with Crippen molar-refractivity contribution in [2.45, 2.75) is 58.5 Å². The van der Waals surface area contributed by atoms with Crippen LogP contribution in [0.2, 0.25) is 0 Å². The van der Waals surface area contributed by atoms with E-state index < -0.39 is 6.35 Å². The van der Waals surface area contributed by atoms with Gasteiger partial charge < -0.3 is 15.3 Å². The number of aliphatic hydroxyl groups excluding tert-OH is 1. The van der Waals surface area contributed by atoms with Crippen LogP contribution in [0.4, 0.5) is 5.69 Å². The number of nitrogens with zero attached hydrogens (tertiary/aromatic N) is 7. The van der Waals surface area contributed by atoms with E-state index >= 15 is 0 Å². The molecule has 13 nitrogen and oxygen atoms in total. The number of rotatable bonds is 13. The average Bonchev–Trinajstić information content (AvgIpc) is 3.67. The van der Waals surface area contributed by atoms with Crippen molar-refractivity contribution in [2.75, 3.05) is 51.1 Å². The lowest BCUT2D eigenvalue weighted by Crippen LogP contribution is -2.50. The molecule has 5 heterocycles.